The van der Waals surface area contributed by atoms with Crippen molar-refractivity contribution in [2.45, 2.75) is 37.8 Å². The van der Waals surface area contributed by atoms with E-state index in [1.54, 1.807) is 0 Å². The molecule has 0 bridgehead atoms. The van der Waals surface area contributed by atoms with Crippen LogP contribution in [0.4, 0.5) is 0 Å². The van der Waals surface area contributed by atoms with E-state index in [2.05, 4.69) is 22.9 Å². The predicted octanol–water partition coefficient (Wildman–Crippen LogP) is 3.97. The molecule has 24 heavy (non-hydrogen) atoms. The second-order valence-corrected chi connectivity index (χ2v) is 8.12. The van der Waals surface area contributed by atoms with Crippen LogP contribution in [-0.4, -0.2) is 62.3 Å². The highest BCUT2D eigenvalue weighted by atomic mass is 35.5. The van der Waals surface area contributed by atoms with Gasteiger partial charge in [-0.1, -0.05) is 29.3 Å². The lowest BCUT2D eigenvalue weighted by molar-refractivity contribution is -0.0325. The van der Waals surface area contributed by atoms with Gasteiger partial charge in [-0.2, -0.15) is 0 Å². The zero-order chi connectivity index (χ0) is 17.1. The van der Waals surface area contributed by atoms with Crippen LogP contribution in [0.3, 0.4) is 0 Å². The van der Waals surface area contributed by atoms with Crippen molar-refractivity contribution in [3.63, 3.8) is 0 Å². The van der Waals surface area contributed by atoms with Crippen molar-refractivity contribution >= 4 is 23.2 Å². The predicted molar refractivity (Wildman–Crippen MR) is 101 cm³/mol. The van der Waals surface area contributed by atoms with Gasteiger partial charge < -0.3 is 9.64 Å². The Labute approximate surface area is 155 Å². The number of ether oxygens (including phenoxy) is 1. The molecule has 2 aliphatic heterocycles. The zero-order valence-corrected chi connectivity index (χ0v) is 16.2. The Bertz CT molecular complexity index is 546. The standard InChI is InChI=1S/C19H28Cl2N2O/c1-22-8-6-16(7-9-22)23-10-5-15(19(13-23)24-2)11-14-3-4-17(20)18(21)12-14/h3-4,12,15-16,19H,5-11,13H2,1-2H3/t15?,19-/m1/s1. The van der Waals surface area contributed by atoms with Gasteiger partial charge in [-0.3, -0.25) is 4.90 Å². The number of halogens is 2. The molecule has 0 aromatic heterocycles. The largest absolute Gasteiger partial charge is 0.380 e. The molecular formula is C19H28Cl2N2O. The highest BCUT2D eigenvalue weighted by Gasteiger charge is 2.33. The van der Waals surface area contributed by atoms with Crippen LogP contribution in [-0.2, 0) is 11.2 Å². The van der Waals surface area contributed by atoms with Gasteiger partial charge in [0.05, 0.1) is 16.1 Å². The molecule has 1 aromatic carbocycles. The fraction of sp³-hybridized carbons (Fsp3) is 0.684. The van der Waals surface area contributed by atoms with Gasteiger partial charge in [0.2, 0.25) is 0 Å². The fourth-order valence-corrected chi connectivity index (χ4v) is 4.47. The lowest BCUT2D eigenvalue weighted by Gasteiger charge is -2.44. The summed E-state index contributed by atoms with van der Waals surface area (Å²) in [5.74, 6) is 0.551. The van der Waals surface area contributed by atoms with Crippen LogP contribution in [0.2, 0.25) is 10.0 Å². The fourth-order valence-electron chi connectivity index (χ4n) is 4.15. The minimum Gasteiger partial charge on any atom is -0.380 e. The Kier molecular flexibility index (Phi) is 6.44. The van der Waals surface area contributed by atoms with E-state index in [1.807, 2.05) is 19.2 Å². The molecule has 0 radical (unpaired) electrons. The first-order chi connectivity index (χ1) is 11.6. The molecule has 2 saturated heterocycles. The number of piperidine rings is 2. The van der Waals surface area contributed by atoms with E-state index in [1.165, 1.54) is 44.5 Å². The summed E-state index contributed by atoms with van der Waals surface area (Å²) in [5, 5.41) is 1.27. The third-order valence-corrected chi connectivity index (χ3v) is 6.46. The molecule has 134 valence electrons. The molecule has 0 N–H and O–H groups in total. The Morgan fingerprint density at radius 3 is 2.50 bits per heavy atom. The van der Waals surface area contributed by atoms with Gasteiger partial charge in [0.15, 0.2) is 0 Å². The number of hydrogen-bond donors (Lipinski definition) is 0. The average molecular weight is 371 g/mol. The molecule has 1 unspecified atom stereocenters. The van der Waals surface area contributed by atoms with Gasteiger partial charge in [-0.25, -0.2) is 0 Å². The van der Waals surface area contributed by atoms with Crippen LogP contribution in [0.25, 0.3) is 0 Å². The lowest BCUT2D eigenvalue weighted by Crippen LogP contribution is -2.52. The first-order valence-electron chi connectivity index (χ1n) is 8.96. The zero-order valence-electron chi connectivity index (χ0n) is 14.7. The summed E-state index contributed by atoms with van der Waals surface area (Å²) in [5.41, 5.74) is 1.25. The number of likely N-dealkylation sites (tertiary alicyclic amines) is 2. The van der Waals surface area contributed by atoms with E-state index in [4.69, 9.17) is 27.9 Å². The smallest absolute Gasteiger partial charge is 0.0730 e. The molecule has 0 spiro atoms. The summed E-state index contributed by atoms with van der Waals surface area (Å²) < 4.78 is 5.86. The van der Waals surface area contributed by atoms with Crippen LogP contribution in [0.1, 0.15) is 24.8 Å². The Morgan fingerprint density at radius 2 is 1.83 bits per heavy atom. The average Bonchev–Trinajstić information content (AvgIpc) is 2.59. The summed E-state index contributed by atoms with van der Waals surface area (Å²) in [6.07, 6.45) is 5.06. The lowest BCUT2D eigenvalue weighted by atomic mass is 9.86. The first-order valence-corrected chi connectivity index (χ1v) is 9.71. The topological polar surface area (TPSA) is 15.7 Å². The summed E-state index contributed by atoms with van der Waals surface area (Å²) in [6.45, 7) is 4.66. The highest BCUT2D eigenvalue weighted by molar-refractivity contribution is 6.42. The van der Waals surface area contributed by atoms with E-state index in [9.17, 15) is 0 Å². The number of benzene rings is 1. The number of nitrogens with zero attached hydrogens (tertiary/aromatic N) is 2. The minimum atomic E-state index is 0.299. The van der Waals surface area contributed by atoms with Crippen LogP contribution in [0, 0.1) is 5.92 Å². The van der Waals surface area contributed by atoms with Gasteiger partial charge in [0.1, 0.15) is 0 Å². The molecule has 0 amide bonds. The van der Waals surface area contributed by atoms with E-state index in [0.29, 0.717) is 22.1 Å². The van der Waals surface area contributed by atoms with Crippen LogP contribution in [0.15, 0.2) is 18.2 Å². The third-order valence-electron chi connectivity index (χ3n) is 5.72. The van der Waals surface area contributed by atoms with Crippen molar-refractivity contribution in [2.24, 2.45) is 5.92 Å². The number of methoxy groups -OCH3 is 1. The van der Waals surface area contributed by atoms with Crippen molar-refractivity contribution in [1.29, 1.82) is 0 Å². The summed E-state index contributed by atoms with van der Waals surface area (Å²) >= 11 is 12.2. The Balaban J connectivity index is 1.59. The van der Waals surface area contributed by atoms with Gasteiger partial charge in [-0.05, 0) is 76.0 Å². The van der Waals surface area contributed by atoms with Crippen molar-refractivity contribution < 1.29 is 4.74 Å². The molecule has 3 rings (SSSR count). The second-order valence-electron chi connectivity index (χ2n) is 7.30. The van der Waals surface area contributed by atoms with Gasteiger partial charge in [0, 0.05) is 19.7 Å². The summed E-state index contributed by atoms with van der Waals surface area (Å²) in [4.78, 5) is 5.09. The molecule has 0 aliphatic carbocycles. The van der Waals surface area contributed by atoms with Gasteiger partial charge in [0.25, 0.3) is 0 Å². The maximum Gasteiger partial charge on any atom is 0.0730 e. The molecule has 0 saturated carbocycles. The SMILES string of the molecule is CO[C@@H]1CN(C2CCN(C)CC2)CCC1Cc1ccc(Cl)c(Cl)c1. The molecule has 2 atom stereocenters. The summed E-state index contributed by atoms with van der Waals surface area (Å²) in [7, 11) is 4.07. The number of hydrogen-bond acceptors (Lipinski definition) is 3. The monoisotopic (exact) mass is 370 g/mol. The maximum absolute atomic E-state index is 6.16. The Morgan fingerprint density at radius 1 is 1.08 bits per heavy atom. The third kappa shape index (κ3) is 4.44. The van der Waals surface area contributed by atoms with Crippen molar-refractivity contribution in [2.75, 3.05) is 40.3 Å². The Hall–Kier alpha value is -0.320. The molecule has 2 heterocycles. The number of rotatable bonds is 4. The van der Waals surface area contributed by atoms with Crippen molar-refractivity contribution in [1.82, 2.24) is 9.80 Å². The molecular weight excluding hydrogens is 343 g/mol. The summed E-state index contributed by atoms with van der Waals surface area (Å²) in [6, 6.07) is 6.71. The van der Waals surface area contributed by atoms with Gasteiger partial charge >= 0.3 is 0 Å². The van der Waals surface area contributed by atoms with E-state index >= 15 is 0 Å². The minimum absolute atomic E-state index is 0.299. The van der Waals surface area contributed by atoms with Gasteiger partial charge in [-0.15, -0.1) is 0 Å². The second kappa shape index (κ2) is 8.37. The molecule has 2 fully saturated rings. The first kappa shape index (κ1) is 18.5. The molecule has 1 aromatic rings. The normalized spacial score (nSPS) is 27.5. The quantitative estimate of drug-likeness (QED) is 0.797. The molecule has 5 heteroatoms. The van der Waals surface area contributed by atoms with E-state index in [0.717, 1.165) is 19.0 Å². The molecule has 3 nitrogen and oxygen atoms in total. The van der Waals surface area contributed by atoms with E-state index in [-0.39, 0.29) is 0 Å². The molecule has 2 aliphatic rings. The maximum atomic E-state index is 6.16. The van der Waals surface area contributed by atoms with E-state index < -0.39 is 0 Å². The van der Waals surface area contributed by atoms with Crippen molar-refractivity contribution in [3.8, 4) is 0 Å². The van der Waals surface area contributed by atoms with Crippen LogP contribution < -0.4 is 0 Å². The highest BCUT2D eigenvalue weighted by Crippen LogP contribution is 2.30. The van der Waals surface area contributed by atoms with Crippen LogP contribution in [0.5, 0.6) is 0 Å². The van der Waals surface area contributed by atoms with Crippen LogP contribution >= 0.6 is 23.2 Å². The van der Waals surface area contributed by atoms with Crippen molar-refractivity contribution in [3.05, 3.63) is 33.8 Å².